The van der Waals surface area contributed by atoms with Crippen LogP contribution in [0, 0.1) is 0 Å². The predicted octanol–water partition coefficient (Wildman–Crippen LogP) is 2.24. The van der Waals surface area contributed by atoms with Gasteiger partial charge in [0.25, 0.3) is 0 Å². The van der Waals surface area contributed by atoms with Gasteiger partial charge in [0.2, 0.25) is 0 Å². The molecule has 2 rings (SSSR count). The van der Waals surface area contributed by atoms with Gasteiger partial charge in [0, 0.05) is 32.7 Å². The van der Waals surface area contributed by atoms with Gasteiger partial charge in [-0.3, -0.25) is 4.90 Å². The molecular weight excluding hydrogens is 365 g/mol. The fourth-order valence-corrected chi connectivity index (χ4v) is 3.43. The number of rotatable bonds is 9. The molecule has 0 aromatic heterocycles. The first-order valence-corrected chi connectivity index (χ1v) is 9.10. The zero-order chi connectivity index (χ0) is 14.2. The lowest BCUT2D eigenvalue weighted by molar-refractivity contribution is 0.151. The molecule has 118 valence electrons. The highest BCUT2D eigenvalue weighted by Crippen LogP contribution is 2.10. The summed E-state index contributed by atoms with van der Waals surface area (Å²) in [6, 6.07) is 0. The lowest BCUT2D eigenvalue weighted by atomic mass is 10.3. The van der Waals surface area contributed by atoms with E-state index >= 15 is 0 Å². The molecule has 0 saturated carbocycles. The third-order valence-corrected chi connectivity index (χ3v) is 5.40. The van der Waals surface area contributed by atoms with Gasteiger partial charge in [-0.15, -0.1) is 0 Å². The molecule has 0 aromatic rings. The van der Waals surface area contributed by atoms with E-state index in [1.54, 1.807) is 0 Å². The van der Waals surface area contributed by atoms with Crippen molar-refractivity contribution in [1.82, 2.24) is 14.7 Å². The molecule has 0 amide bonds. The average molecular weight is 395 g/mol. The Morgan fingerprint density at radius 1 is 0.950 bits per heavy atom. The number of nitrogens with zero attached hydrogens (tertiary/aromatic N) is 3. The summed E-state index contributed by atoms with van der Waals surface area (Å²) in [6.45, 7) is 13.3. The van der Waals surface area contributed by atoms with Crippen molar-refractivity contribution in [3.05, 3.63) is 0 Å². The largest absolute Gasteiger partial charge is 0.311 e. The minimum absolute atomic E-state index is 0.327. The second-order valence-electron chi connectivity index (χ2n) is 6.30. The summed E-state index contributed by atoms with van der Waals surface area (Å²) in [4.78, 5) is 7.82. The predicted molar refractivity (Wildman–Crippen MR) is 92.4 cm³/mol. The molecule has 5 heteroatoms. The van der Waals surface area contributed by atoms with E-state index in [0.29, 0.717) is 6.10 Å². The number of halogens is 1. The molecule has 1 atom stereocenters. The summed E-state index contributed by atoms with van der Waals surface area (Å²) < 4.78 is 5.43. The Morgan fingerprint density at radius 3 is 1.80 bits per heavy atom. The second kappa shape index (κ2) is 9.56. The van der Waals surface area contributed by atoms with E-state index in [4.69, 9.17) is 3.07 Å². The highest BCUT2D eigenvalue weighted by molar-refractivity contribution is 14.1. The highest BCUT2D eigenvalue weighted by atomic mass is 127. The van der Waals surface area contributed by atoms with Gasteiger partial charge in [0.05, 0.1) is 6.10 Å². The van der Waals surface area contributed by atoms with Crippen molar-refractivity contribution in [3.63, 3.8) is 0 Å². The Labute approximate surface area is 138 Å². The molecule has 1 unspecified atom stereocenters. The molecule has 0 radical (unpaired) electrons. The van der Waals surface area contributed by atoms with Crippen molar-refractivity contribution in [3.8, 4) is 0 Å². The van der Waals surface area contributed by atoms with Gasteiger partial charge >= 0.3 is 0 Å². The summed E-state index contributed by atoms with van der Waals surface area (Å²) in [5.74, 6) is 0. The Balaban J connectivity index is 1.69. The zero-order valence-electron chi connectivity index (χ0n) is 12.9. The van der Waals surface area contributed by atoms with Gasteiger partial charge in [-0.05, 0) is 58.8 Å². The fourth-order valence-electron chi connectivity index (χ4n) is 3.26. The average Bonchev–Trinajstić information content (AvgIpc) is 3.14. The van der Waals surface area contributed by atoms with Crippen LogP contribution in [0.1, 0.15) is 32.6 Å². The van der Waals surface area contributed by atoms with Crippen LogP contribution in [0.5, 0.6) is 0 Å². The third-order valence-electron chi connectivity index (χ3n) is 4.53. The van der Waals surface area contributed by atoms with Crippen LogP contribution < -0.4 is 0 Å². The van der Waals surface area contributed by atoms with Gasteiger partial charge in [0.15, 0.2) is 0 Å². The molecular formula is C15H30IN3O. The van der Waals surface area contributed by atoms with E-state index in [-0.39, 0.29) is 0 Å². The van der Waals surface area contributed by atoms with E-state index in [2.05, 4.69) is 21.6 Å². The van der Waals surface area contributed by atoms with Crippen LogP contribution in [-0.4, -0.2) is 79.7 Å². The zero-order valence-corrected chi connectivity index (χ0v) is 15.1. The maximum absolute atomic E-state index is 5.43. The standard InChI is InChI=1S/C15H30IN3O/c1-15(20-16)14-19(12-10-17-6-2-3-7-17)13-11-18-8-4-5-9-18/h15H,2-14H2,1H3. The summed E-state index contributed by atoms with van der Waals surface area (Å²) in [5.41, 5.74) is 0. The van der Waals surface area contributed by atoms with Crippen molar-refractivity contribution in [1.29, 1.82) is 0 Å². The van der Waals surface area contributed by atoms with Crippen molar-refractivity contribution < 1.29 is 3.07 Å². The van der Waals surface area contributed by atoms with Gasteiger partial charge in [-0.25, -0.2) is 0 Å². The molecule has 0 spiro atoms. The Hall–Kier alpha value is 0.570. The van der Waals surface area contributed by atoms with E-state index in [0.717, 1.165) is 6.54 Å². The molecule has 2 fully saturated rings. The van der Waals surface area contributed by atoms with E-state index in [1.807, 2.05) is 23.0 Å². The molecule has 4 nitrogen and oxygen atoms in total. The van der Waals surface area contributed by atoms with Gasteiger partial charge < -0.3 is 12.9 Å². The number of likely N-dealkylation sites (tertiary alicyclic amines) is 2. The molecule has 2 saturated heterocycles. The van der Waals surface area contributed by atoms with Crippen molar-refractivity contribution in [2.45, 2.75) is 38.7 Å². The Bertz CT molecular complexity index is 236. The smallest absolute Gasteiger partial charge is 0.110 e. The fraction of sp³-hybridized carbons (Fsp3) is 1.00. The highest BCUT2D eigenvalue weighted by Gasteiger charge is 2.17. The lowest BCUT2D eigenvalue weighted by Gasteiger charge is -2.28. The summed E-state index contributed by atoms with van der Waals surface area (Å²) in [6.07, 6.45) is 5.89. The van der Waals surface area contributed by atoms with Crippen LogP contribution in [-0.2, 0) is 3.07 Å². The molecule has 2 heterocycles. The van der Waals surface area contributed by atoms with E-state index in [9.17, 15) is 0 Å². The topological polar surface area (TPSA) is 19.0 Å². The summed E-state index contributed by atoms with van der Waals surface area (Å²) in [7, 11) is 0. The van der Waals surface area contributed by atoms with Crippen molar-refractivity contribution >= 4 is 23.0 Å². The summed E-state index contributed by atoms with van der Waals surface area (Å²) >= 11 is 2.03. The molecule has 20 heavy (non-hydrogen) atoms. The molecule has 0 bridgehead atoms. The van der Waals surface area contributed by atoms with E-state index < -0.39 is 0 Å². The van der Waals surface area contributed by atoms with Crippen LogP contribution >= 0.6 is 23.0 Å². The van der Waals surface area contributed by atoms with Gasteiger partial charge in [-0.1, -0.05) is 0 Å². The maximum atomic E-state index is 5.43. The maximum Gasteiger partial charge on any atom is 0.110 e. The minimum atomic E-state index is 0.327. The van der Waals surface area contributed by atoms with Crippen LogP contribution in [0.3, 0.4) is 0 Å². The minimum Gasteiger partial charge on any atom is -0.311 e. The van der Waals surface area contributed by atoms with Gasteiger partial charge in [-0.2, -0.15) is 0 Å². The Kier molecular flexibility index (Phi) is 8.09. The molecule has 0 aliphatic carbocycles. The Morgan fingerprint density at radius 2 is 1.40 bits per heavy atom. The van der Waals surface area contributed by atoms with Crippen molar-refractivity contribution in [2.24, 2.45) is 0 Å². The molecule has 2 aliphatic heterocycles. The SMILES string of the molecule is CC(CN(CCN1CCCC1)CCN1CCCC1)OI. The first-order valence-electron chi connectivity index (χ1n) is 8.22. The second-order valence-corrected chi connectivity index (χ2v) is 6.81. The number of hydrogen-bond donors (Lipinski definition) is 0. The lowest BCUT2D eigenvalue weighted by Crippen LogP contribution is -2.41. The van der Waals surface area contributed by atoms with Crippen LogP contribution in [0.2, 0.25) is 0 Å². The normalized spacial score (nSPS) is 22.9. The van der Waals surface area contributed by atoms with Crippen LogP contribution in [0.25, 0.3) is 0 Å². The molecule has 0 aromatic carbocycles. The molecule has 2 aliphatic rings. The van der Waals surface area contributed by atoms with Gasteiger partial charge in [0.1, 0.15) is 23.0 Å². The molecule has 0 N–H and O–H groups in total. The summed E-state index contributed by atoms with van der Waals surface area (Å²) in [5, 5.41) is 0. The van der Waals surface area contributed by atoms with E-state index in [1.165, 1.54) is 78.0 Å². The van der Waals surface area contributed by atoms with Crippen LogP contribution in [0.15, 0.2) is 0 Å². The first kappa shape index (κ1) is 16.9. The monoisotopic (exact) mass is 395 g/mol. The first-order chi connectivity index (χ1) is 9.78. The van der Waals surface area contributed by atoms with Crippen molar-refractivity contribution in [2.75, 3.05) is 58.9 Å². The van der Waals surface area contributed by atoms with Crippen LogP contribution in [0.4, 0.5) is 0 Å². The quantitative estimate of drug-likeness (QED) is 0.558. The third kappa shape index (κ3) is 6.13. The number of hydrogen-bond acceptors (Lipinski definition) is 4.